The van der Waals surface area contributed by atoms with Gasteiger partial charge in [-0.3, -0.25) is 5.10 Å². The molecule has 7 heteroatoms. The van der Waals surface area contributed by atoms with Crippen molar-refractivity contribution in [3.8, 4) is 0 Å². The van der Waals surface area contributed by atoms with Crippen molar-refractivity contribution < 1.29 is 8.42 Å². The number of aromatic nitrogens is 3. The van der Waals surface area contributed by atoms with Crippen LogP contribution in [0, 0.1) is 0 Å². The summed E-state index contributed by atoms with van der Waals surface area (Å²) in [6.07, 6.45) is 3.08. The maximum Gasteiger partial charge on any atom is 0.260 e. The molecule has 2 N–H and O–H groups in total. The van der Waals surface area contributed by atoms with Crippen molar-refractivity contribution in [2.45, 2.75) is 37.8 Å². The maximum absolute atomic E-state index is 12.2. The molecule has 0 atom stereocenters. The molecule has 0 aliphatic rings. The summed E-state index contributed by atoms with van der Waals surface area (Å²) in [6, 6.07) is 3.31. The van der Waals surface area contributed by atoms with Crippen molar-refractivity contribution in [2.24, 2.45) is 0 Å². The first-order chi connectivity index (χ1) is 8.58. The third-order valence-electron chi connectivity index (χ3n) is 2.86. The van der Waals surface area contributed by atoms with Gasteiger partial charge in [-0.15, -0.1) is 0 Å². The molecule has 0 unspecified atom stereocenters. The number of rotatable bonds is 5. The fourth-order valence-electron chi connectivity index (χ4n) is 1.77. The number of sulfonamides is 1. The topological polar surface area (TPSA) is 87.7 Å². The minimum Gasteiger partial charge on any atom is -0.259 e. The highest BCUT2D eigenvalue weighted by Crippen LogP contribution is 2.18. The van der Waals surface area contributed by atoms with Gasteiger partial charge in [0.25, 0.3) is 10.0 Å². The standard InChI is InChI=1S/C11H16N4O2S/c1-3-8(4-2)15-18(16,17)11-9-6-5-7-12-10(9)13-14-11/h5-8,15H,3-4H2,1-2H3,(H,12,13,14). The van der Waals surface area contributed by atoms with Crippen molar-refractivity contribution in [3.05, 3.63) is 18.3 Å². The van der Waals surface area contributed by atoms with Gasteiger partial charge in [0.15, 0.2) is 5.65 Å². The van der Waals surface area contributed by atoms with E-state index in [0.29, 0.717) is 11.0 Å². The highest BCUT2D eigenvalue weighted by Gasteiger charge is 2.23. The molecule has 0 saturated carbocycles. The number of nitrogens with one attached hydrogen (secondary N) is 2. The third-order valence-corrected chi connectivity index (χ3v) is 4.33. The van der Waals surface area contributed by atoms with Gasteiger partial charge in [0.1, 0.15) is 0 Å². The molecule has 0 radical (unpaired) electrons. The smallest absolute Gasteiger partial charge is 0.259 e. The predicted molar refractivity (Wildman–Crippen MR) is 68.6 cm³/mol. The van der Waals surface area contributed by atoms with E-state index >= 15 is 0 Å². The molecular formula is C11H16N4O2S. The zero-order valence-electron chi connectivity index (χ0n) is 10.3. The van der Waals surface area contributed by atoms with Crippen molar-refractivity contribution in [2.75, 3.05) is 0 Å². The van der Waals surface area contributed by atoms with E-state index in [2.05, 4.69) is 19.9 Å². The Morgan fingerprint density at radius 1 is 1.39 bits per heavy atom. The van der Waals surface area contributed by atoms with Crippen LogP contribution >= 0.6 is 0 Å². The molecule has 0 bridgehead atoms. The summed E-state index contributed by atoms with van der Waals surface area (Å²) in [6.45, 7) is 3.89. The number of fused-ring (bicyclic) bond motifs is 1. The zero-order chi connectivity index (χ0) is 13.2. The molecule has 98 valence electrons. The molecule has 2 rings (SSSR count). The van der Waals surface area contributed by atoms with Crippen LogP contribution in [0.1, 0.15) is 26.7 Å². The molecular weight excluding hydrogens is 252 g/mol. The average molecular weight is 268 g/mol. The highest BCUT2D eigenvalue weighted by molar-refractivity contribution is 7.89. The van der Waals surface area contributed by atoms with E-state index < -0.39 is 10.0 Å². The zero-order valence-corrected chi connectivity index (χ0v) is 11.2. The normalized spacial score (nSPS) is 12.4. The van der Waals surface area contributed by atoms with Crippen LogP contribution in [-0.2, 0) is 10.0 Å². The van der Waals surface area contributed by atoms with Gasteiger partial charge in [0, 0.05) is 12.2 Å². The molecule has 0 aromatic carbocycles. The molecule has 2 heterocycles. The van der Waals surface area contributed by atoms with Crippen molar-refractivity contribution in [3.63, 3.8) is 0 Å². The first kappa shape index (κ1) is 13.0. The molecule has 6 nitrogen and oxygen atoms in total. The van der Waals surface area contributed by atoms with Gasteiger partial charge in [-0.05, 0) is 25.0 Å². The number of aromatic amines is 1. The van der Waals surface area contributed by atoms with E-state index in [9.17, 15) is 8.42 Å². The molecule has 0 aliphatic carbocycles. The lowest BCUT2D eigenvalue weighted by molar-refractivity contribution is 0.528. The number of H-pyrrole nitrogens is 1. The lowest BCUT2D eigenvalue weighted by Crippen LogP contribution is -2.34. The van der Waals surface area contributed by atoms with Gasteiger partial charge >= 0.3 is 0 Å². The summed E-state index contributed by atoms with van der Waals surface area (Å²) in [5.74, 6) is 0. The average Bonchev–Trinajstić information content (AvgIpc) is 2.80. The number of pyridine rings is 1. The Hall–Kier alpha value is -1.47. The van der Waals surface area contributed by atoms with Crippen LogP contribution in [0.3, 0.4) is 0 Å². The van der Waals surface area contributed by atoms with Gasteiger partial charge in [0.2, 0.25) is 5.03 Å². The summed E-state index contributed by atoms with van der Waals surface area (Å²) in [5, 5.41) is 7.00. The Labute approximate surface area is 106 Å². The van der Waals surface area contributed by atoms with E-state index in [4.69, 9.17) is 0 Å². The van der Waals surface area contributed by atoms with Crippen molar-refractivity contribution >= 4 is 21.1 Å². The Morgan fingerprint density at radius 2 is 2.11 bits per heavy atom. The second-order valence-electron chi connectivity index (χ2n) is 4.06. The largest absolute Gasteiger partial charge is 0.260 e. The second kappa shape index (κ2) is 5.03. The van der Waals surface area contributed by atoms with Gasteiger partial charge in [-0.2, -0.15) is 5.10 Å². The molecule has 0 spiro atoms. The molecule has 2 aromatic rings. The summed E-state index contributed by atoms with van der Waals surface area (Å²) in [4.78, 5) is 4.02. The monoisotopic (exact) mass is 268 g/mol. The van der Waals surface area contributed by atoms with Gasteiger partial charge in [0.05, 0.1) is 5.39 Å². The Morgan fingerprint density at radius 3 is 2.78 bits per heavy atom. The second-order valence-corrected chi connectivity index (χ2v) is 5.69. The van der Waals surface area contributed by atoms with E-state index in [0.717, 1.165) is 12.8 Å². The number of nitrogens with zero attached hydrogens (tertiary/aromatic N) is 2. The lowest BCUT2D eigenvalue weighted by atomic mass is 10.2. The first-order valence-electron chi connectivity index (χ1n) is 5.90. The first-order valence-corrected chi connectivity index (χ1v) is 7.38. The van der Waals surface area contributed by atoms with E-state index in [-0.39, 0.29) is 11.1 Å². The van der Waals surface area contributed by atoms with Gasteiger partial charge in [-0.1, -0.05) is 13.8 Å². The predicted octanol–water partition coefficient (Wildman–Crippen LogP) is 1.42. The molecule has 0 saturated heterocycles. The minimum absolute atomic E-state index is 0.0116. The maximum atomic E-state index is 12.2. The van der Waals surface area contributed by atoms with Crippen molar-refractivity contribution in [1.29, 1.82) is 0 Å². The Balaban J connectivity index is 2.41. The van der Waals surface area contributed by atoms with Crippen LogP contribution in [-0.4, -0.2) is 29.6 Å². The van der Waals surface area contributed by atoms with Crippen LogP contribution < -0.4 is 4.72 Å². The van der Waals surface area contributed by atoms with Gasteiger partial charge in [-0.25, -0.2) is 18.1 Å². The fourth-order valence-corrected chi connectivity index (χ4v) is 3.27. The third kappa shape index (κ3) is 2.37. The summed E-state index contributed by atoms with van der Waals surface area (Å²) in [5.41, 5.74) is 0.474. The Kier molecular flexibility index (Phi) is 3.63. The molecule has 2 aromatic heterocycles. The SMILES string of the molecule is CCC(CC)NS(=O)(=O)c1n[nH]c2ncccc12. The quantitative estimate of drug-likeness (QED) is 0.858. The molecule has 18 heavy (non-hydrogen) atoms. The van der Waals surface area contributed by atoms with Gasteiger partial charge < -0.3 is 0 Å². The highest BCUT2D eigenvalue weighted by atomic mass is 32.2. The van der Waals surface area contributed by atoms with Crippen LogP contribution in [0.5, 0.6) is 0 Å². The molecule has 0 aliphatic heterocycles. The van der Waals surface area contributed by atoms with E-state index in [1.54, 1.807) is 18.3 Å². The number of hydrogen-bond donors (Lipinski definition) is 2. The minimum atomic E-state index is -3.60. The number of hydrogen-bond acceptors (Lipinski definition) is 4. The lowest BCUT2D eigenvalue weighted by Gasteiger charge is -2.13. The molecule has 0 amide bonds. The summed E-state index contributed by atoms with van der Waals surface area (Å²) in [7, 11) is -3.60. The fraction of sp³-hybridized carbons (Fsp3) is 0.455. The molecule has 0 fully saturated rings. The van der Waals surface area contributed by atoms with E-state index in [1.807, 2.05) is 13.8 Å². The summed E-state index contributed by atoms with van der Waals surface area (Å²) < 4.78 is 27.1. The van der Waals surface area contributed by atoms with Crippen LogP contribution in [0.15, 0.2) is 23.4 Å². The van der Waals surface area contributed by atoms with Crippen LogP contribution in [0.4, 0.5) is 0 Å². The van der Waals surface area contributed by atoms with Crippen LogP contribution in [0.25, 0.3) is 11.0 Å². The summed E-state index contributed by atoms with van der Waals surface area (Å²) >= 11 is 0. The van der Waals surface area contributed by atoms with E-state index in [1.165, 1.54) is 0 Å². The Bertz CT molecular complexity index is 631. The van der Waals surface area contributed by atoms with Crippen LogP contribution in [0.2, 0.25) is 0 Å². The van der Waals surface area contributed by atoms with Crippen molar-refractivity contribution in [1.82, 2.24) is 19.9 Å².